The van der Waals surface area contributed by atoms with Crippen LogP contribution in [0.25, 0.3) is 0 Å². The van der Waals surface area contributed by atoms with Crippen molar-refractivity contribution in [3.63, 3.8) is 0 Å². The van der Waals surface area contributed by atoms with Crippen LogP contribution in [-0.2, 0) is 0 Å². The average Bonchev–Trinajstić information content (AvgIpc) is 2.39. The number of benzene rings is 1. The van der Waals surface area contributed by atoms with E-state index in [1.54, 1.807) is 0 Å². The maximum absolute atomic E-state index is 5.70. The maximum Gasteiger partial charge on any atom is 0.231 e. The molecule has 2 aromatic rings. The largest absolute Gasteiger partial charge is 0.374 e. The van der Waals surface area contributed by atoms with Gasteiger partial charge in [-0.2, -0.15) is 4.98 Å². The molecule has 5 nitrogen and oxygen atoms in total. The van der Waals surface area contributed by atoms with Gasteiger partial charge in [0, 0.05) is 11.4 Å². The first-order valence-corrected chi connectivity index (χ1v) is 6.01. The number of nitrogens with zero attached hydrogens (tertiary/aromatic N) is 3. The number of anilines is 3. The van der Waals surface area contributed by atoms with Crippen molar-refractivity contribution in [3.05, 3.63) is 35.9 Å². The van der Waals surface area contributed by atoms with Crippen molar-refractivity contribution in [2.75, 3.05) is 17.2 Å². The van der Waals surface area contributed by atoms with Crippen LogP contribution in [0.1, 0.15) is 6.92 Å². The Kier molecular flexibility index (Phi) is 4.54. The summed E-state index contributed by atoms with van der Waals surface area (Å²) >= 11 is 5.70. The van der Waals surface area contributed by atoms with Crippen molar-refractivity contribution in [1.29, 1.82) is 0 Å². The van der Waals surface area contributed by atoms with Crippen molar-refractivity contribution in [1.82, 2.24) is 15.0 Å². The van der Waals surface area contributed by atoms with Crippen LogP contribution in [0, 0.1) is 11.8 Å². The molecule has 1 aromatic carbocycles. The van der Waals surface area contributed by atoms with Gasteiger partial charge in [-0.1, -0.05) is 12.0 Å². The standard InChI is InChI=1S/C13H12ClN5/c1-2-3-7-15-10-5-4-6-11(8-10)18-13-17-9-16-12(14)19-13/h4-6,8-9,15H,7H2,1H3,(H,16,17,18,19). The van der Waals surface area contributed by atoms with E-state index in [2.05, 4.69) is 37.4 Å². The molecule has 0 amide bonds. The van der Waals surface area contributed by atoms with E-state index in [1.807, 2.05) is 31.2 Å². The van der Waals surface area contributed by atoms with Gasteiger partial charge in [-0.3, -0.25) is 0 Å². The Balaban J connectivity index is 2.07. The van der Waals surface area contributed by atoms with Crippen molar-refractivity contribution in [2.24, 2.45) is 0 Å². The van der Waals surface area contributed by atoms with Crippen LogP contribution in [-0.4, -0.2) is 21.5 Å². The minimum Gasteiger partial charge on any atom is -0.374 e. The van der Waals surface area contributed by atoms with Crippen LogP contribution in [0.3, 0.4) is 0 Å². The highest BCUT2D eigenvalue weighted by atomic mass is 35.5. The van der Waals surface area contributed by atoms with E-state index in [9.17, 15) is 0 Å². The molecule has 0 aliphatic rings. The molecule has 0 saturated carbocycles. The zero-order valence-corrected chi connectivity index (χ0v) is 11.1. The predicted molar refractivity (Wildman–Crippen MR) is 76.5 cm³/mol. The monoisotopic (exact) mass is 273 g/mol. The van der Waals surface area contributed by atoms with Gasteiger partial charge in [-0.25, -0.2) is 9.97 Å². The topological polar surface area (TPSA) is 62.7 Å². The molecule has 2 rings (SSSR count). The first kappa shape index (κ1) is 13.1. The molecular weight excluding hydrogens is 262 g/mol. The van der Waals surface area contributed by atoms with E-state index in [4.69, 9.17) is 11.6 Å². The second-order valence-electron chi connectivity index (χ2n) is 3.56. The van der Waals surface area contributed by atoms with Crippen LogP contribution >= 0.6 is 11.6 Å². The van der Waals surface area contributed by atoms with Crippen LogP contribution in [0.15, 0.2) is 30.6 Å². The van der Waals surface area contributed by atoms with Crippen LogP contribution < -0.4 is 10.6 Å². The van der Waals surface area contributed by atoms with E-state index in [-0.39, 0.29) is 5.28 Å². The summed E-state index contributed by atoms with van der Waals surface area (Å²) in [6, 6.07) is 7.74. The second kappa shape index (κ2) is 6.57. The second-order valence-corrected chi connectivity index (χ2v) is 3.90. The Hall–Kier alpha value is -2.32. The Labute approximate surface area is 116 Å². The Morgan fingerprint density at radius 1 is 1.26 bits per heavy atom. The SMILES string of the molecule is CC#CCNc1cccc(Nc2ncnc(Cl)n2)c1. The van der Waals surface area contributed by atoms with Crippen molar-refractivity contribution in [3.8, 4) is 11.8 Å². The van der Waals surface area contributed by atoms with Gasteiger partial charge in [-0.05, 0) is 36.7 Å². The molecule has 0 atom stereocenters. The Morgan fingerprint density at radius 3 is 2.89 bits per heavy atom. The number of hydrogen-bond donors (Lipinski definition) is 2. The number of rotatable bonds is 4. The molecule has 0 fully saturated rings. The minimum absolute atomic E-state index is 0.157. The van der Waals surface area contributed by atoms with Gasteiger partial charge in [0.15, 0.2) is 0 Å². The third-order valence-corrected chi connectivity index (χ3v) is 2.40. The van der Waals surface area contributed by atoms with Crippen molar-refractivity contribution < 1.29 is 0 Å². The molecule has 0 aliphatic heterocycles. The summed E-state index contributed by atoms with van der Waals surface area (Å²) in [6.07, 6.45) is 1.36. The lowest BCUT2D eigenvalue weighted by Crippen LogP contribution is -2.01. The number of nitrogens with one attached hydrogen (secondary N) is 2. The van der Waals surface area contributed by atoms with E-state index in [0.29, 0.717) is 12.5 Å². The molecule has 1 heterocycles. The Bertz CT molecular complexity index is 618. The van der Waals surface area contributed by atoms with Gasteiger partial charge in [-0.15, -0.1) is 5.92 Å². The van der Waals surface area contributed by atoms with Crippen LogP contribution in [0.4, 0.5) is 17.3 Å². The molecule has 19 heavy (non-hydrogen) atoms. The quantitative estimate of drug-likeness (QED) is 0.839. The molecule has 6 heteroatoms. The average molecular weight is 274 g/mol. The molecule has 0 radical (unpaired) electrons. The first-order valence-electron chi connectivity index (χ1n) is 5.63. The summed E-state index contributed by atoms with van der Waals surface area (Å²) < 4.78 is 0. The molecule has 0 bridgehead atoms. The van der Waals surface area contributed by atoms with Crippen molar-refractivity contribution in [2.45, 2.75) is 6.92 Å². The highest BCUT2D eigenvalue weighted by Gasteiger charge is 2.00. The molecule has 0 saturated heterocycles. The van der Waals surface area contributed by atoms with Crippen LogP contribution in [0.2, 0.25) is 5.28 Å². The molecular formula is C13H12ClN5. The molecule has 2 N–H and O–H groups in total. The predicted octanol–water partition coefficient (Wildman–Crippen LogP) is 2.70. The summed E-state index contributed by atoms with van der Waals surface area (Å²) in [5.74, 6) is 6.18. The highest BCUT2D eigenvalue weighted by molar-refractivity contribution is 6.28. The fourth-order valence-electron chi connectivity index (χ4n) is 1.41. The summed E-state index contributed by atoms with van der Waals surface area (Å²) in [7, 11) is 0. The van der Waals surface area contributed by atoms with Crippen molar-refractivity contribution >= 4 is 28.9 Å². The lowest BCUT2D eigenvalue weighted by Gasteiger charge is -2.07. The van der Waals surface area contributed by atoms with Crippen LogP contribution in [0.5, 0.6) is 0 Å². The summed E-state index contributed by atoms with van der Waals surface area (Å²) in [5.41, 5.74) is 1.82. The van der Waals surface area contributed by atoms with Gasteiger partial charge in [0.1, 0.15) is 6.33 Å². The van der Waals surface area contributed by atoms with E-state index in [0.717, 1.165) is 11.4 Å². The number of hydrogen-bond acceptors (Lipinski definition) is 5. The van der Waals surface area contributed by atoms with Gasteiger partial charge in [0.05, 0.1) is 6.54 Å². The molecule has 0 spiro atoms. The van der Waals surface area contributed by atoms with Gasteiger partial charge in [0.2, 0.25) is 11.2 Å². The van der Waals surface area contributed by atoms with Gasteiger partial charge >= 0.3 is 0 Å². The van der Waals surface area contributed by atoms with Gasteiger partial charge in [0.25, 0.3) is 0 Å². The lowest BCUT2D eigenvalue weighted by atomic mass is 10.3. The van der Waals surface area contributed by atoms with E-state index < -0.39 is 0 Å². The fourth-order valence-corrected chi connectivity index (χ4v) is 1.53. The van der Waals surface area contributed by atoms with E-state index in [1.165, 1.54) is 6.33 Å². The zero-order valence-electron chi connectivity index (χ0n) is 10.3. The molecule has 0 aliphatic carbocycles. The fraction of sp³-hybridized carbons (Fsp3) is 0.154. The summed E-state index contributed by atoms with van der Waals surface area (Å²) in [5, 5.41) is 6.40. The molecule has 0 unspecified atom stereocenters. The molecule has 1 aromatic heterocycles. The number of halogens is 1. The Morgan fingerprint density at radius 2 is 2.11 bits per heavy atom. The zero-order chi connectivity index (χ0) is 13.5. The lowest BCUT2D eigenvalue weighted by molar-refractivity contribution is 1.05. The summed E-state index contributed by atoms with van der Waals surface area (Å²) in [4.78, 5) is 11.7. The van der Waals surface area contributed by atoms with E-state index >= 15 is 0 Å². The third-order valence-electron chi connectivity index (χ3n) is 2.22. The highest BCUT2D eigenvalue weighted by Crippen LogP contribution is 2.17. The first-order chi connectivity index (χ1) is 9.28. The minimum atomic E-state index is 0.157. The maximum atomic E-state index is 5.70. The number of aromatic nitrogens is 3. The van der Waals surface area contributed by atoms with Gasteiger partial charge < -0.3 is 10.6 Å². The smallest absolute Gasteiger partial charge is 0.231 e. The molecule has 96 valence electrons. The normalized spacial score (nSPS) is 9.37. The summed E-state index contributed by atoms with van der Waals surface area (Å²) in [6.45, 7) is 2.42. The third kappa shape index (κ3) is 4.12.